The molecule has 4 aromatic carbocycles. The van der Waals surface area contributed by atoms with Crippen LogP contribution in [0.3, 0.4) is 0 Å². The van der Waals surface area contributed by atoms with E-state index >= 15 is 0 Å². The van der Waals surface area contributed by atoms with E-state index in [9.17, 15) is 18.0 Å². The number of nitrogens with zero attached hydrogens (tertiary/aromatic N) is 1. The van der Waals surface area contributed by atoms with Crippen molar-refractivity contribution in [3.63, 3.8) is 0 Å². The minimum atomic E-state index is -4.07. The highest BCUT2D eigenvalue weighted by atomic mass is 35.5. The second kappa shape index (κ2) is 11.6. The smallest absolute Gasteiger partial charge is 0.261 e. The molecule has 4 aromatic rings. The molecular formula is C32H26Cl2N2O6S. The van der Waals surface area contributed by atoms with Crippen molar-refractivity contribution >= 4 is 50.6 Å². The van der Waals surface area contributed by atoms with Crippen LogP contribution in [0.5, 0.6) is 17.2 Å². The minimum Gasteiger partial charge on any atom is -0.486 e. The van der Waals surface area contributed by atoms with Crippen LogP contribution >= 0.6 is 23.2 Å². The molecule has 1 amide bonds. The number of ether oxygens (including phenoxy) is 2. The Morgan fingerprint density at radius 2 is 1.60 bits per heavy atom. The zero-order chi connectivity index (χ0) is 30.2. The van der Waals surface area contributed by atoms with Crippen molar-refractivity contribution in [2.75, 3.05) is 17.8 Å². The number of Topliss-reactive ketones (excluding diaryl/α,β-unsaturated/α-hetero) is 1. The molecule has 0 aliphatic carbocycles. The van der Waals surface area contributed by atoms with Gasteiger partial charge in [0.2, 0.25) is 0 Å². The number of nitrogens with one attached hydrogen (secondary N) is 1. The number of likely N-dealkylation sites (tertiary alicyclic amines) is 1. The standard InChI is InChI=1S/C32H26Cl2N2O6S/c33-21-9-14-27(35-43(39,40)23-12-10-22(11-13-23)41-30-8-4-2-6-26(30)34)25(19-21)31(38)36-17-15-32(16-18-36)20-28(37)24-5-1-3-7-29(24)42-32/h1-14,19,35H,15-18,20H2. The summed E-state index contributed by atoms with van der Waals surface area (Å²) in [5.41, 5.74) is 0.119. The van der Waals surface area contributed by atoms with Crippen molar-refractivity contribution in [1.29, 1.82) is 0 Å². The minimum absolute atomic E-state index is 0.0216. The molecule has 8 nitrogen and oxygen atoms in total. The van der Waals surface area contributed by atoms with E-state index in [1.54, 1.807) is 41.3 Å². The summed E-state index contributed by atoms with van der Waals surface area (Å²) in [5, 5.41) is 0.716. The van der Waals surface area contributed by atoms with Crippen molar-refractivity contribution in [2.45, 2.75) is 29.8 Å². The largest absolute Gasteiger partial charge is 0.486 e. The SMILES string of the molecule is O=C1CC2(CCN(C(=O)c3cc(Cl)ccc3NS(=O)(=O)c3ccc(Oc4ccccc4Cl)cc3)CC2)Oc2ccccc21. The number of anilines is 1. The number of carbonyl (C=O) groups excluding carboxylic acids is 2. The molecule has 220 valence electrons. The summed E-state index contributed by atoms with van der Waals surface area (Å²) in [4.78, 5) is 28.1. The van der Waals surface area contributed by atoms with E-state index in [1.807, 2.05) is 12.1 Å². The summed E-state index contributed by atoms with van der Waals surface area (Å²) < 4.78 is 41.2. The van der Waals surface area contributed by atoms with Crippen LogP contribution in [-0.2, 0) is 10.0 Å². The molecule has 6 rings (SSSR count). The Kier molecular flexibility index (Phi) is 7.81. The third kappa shape index (κ3) is 6.06. The molecule has 0 aromatic heterocycles. The van der Waals surface area contributed by atoms with Gasteiger partial charge in [-0.25, -0.2) is 8.42 Å². The highest BCUT2D eigenvalue weighted by Gasteiger charge is 2.43. The molecule has 0 atom stereocenters. The fourth-order valence-corrected chi connectivity index (χ4v) is 6.76. The van der Waals surface area contributed by atoms with Crippen molar-refractivity contribution in [2.24, 2.45) is 0 Å². The van der Waals surface area contributed by atoms with Crippen molar-refractivity contribution in [1.82, 2.24) is 4.90 Å². The number of sulfonamides is 1. The quantitative estimate of drug-likeness (QED) is 0.240. The zero-order valence-corrected chi connectivity index (χ0v) is 25.1. The van der Waals surface area contributed by atoms with Gasteiger partial charge in [-0.2, -0.15) is 0 Å². The van der Waals surface area contributed by atoms with Crippen LogP contribution in [0.15, 0.2) is 95.9 Å². The lowest BCUT2D eigenvalue weighted by Gasteiger charge is -2.44. The Bertz CT molecular complexity index is 1820. The fourth-order valence-electron chi connectivity index (χ4n) is 5.34. The predicted molar refractivity (Wildman–Crippen MR) is 164 cm³/mol. The van der Waals surface area contributed by atoms with E-state index in [-0.39, 0.29) is 34.3 Å². The van der Waals surface area contributed by atoms with E-state index in [2.05, 4.69) is 4.72 Å². The van der Waals surface area contributed by atoms with Crippen LogP contribution in [0, 0.1) is 0 Å². The highest BCUT2D eigenvalue weighted by molar-refractivity contribution is 7.92. The van der Waals surface area contributed by atoms with Crippen molar-refractivity contribution in [3.8, 4) is 17.2 Å². The molecule has 43 heavy (non-hydrogen) atoms. The molecule has 0 unspecified atom stereocenters. The first-order chi connectivity index (χ1) is 20.6. The van der Waals surface area contributed by atoms with Gasteiger partial charge in [0.15, 0.2) is 5.78 Å². The second-order valence-corrected chi connectivity index (χ2v) is 13.0. The van der Waals surface area contributed by atoms with Crippen molar-refractivity contribution < 1.29 is 27.5 Å². The van der Waals surface area contributed by atoms with Gasteiger partial charge in [-0.3, -0.25) is 14.3 Å². The van der Waals surface area contributed by atoms with E-state index in [1.165, 1.54) is 42.5 Å². The van der Waals surface area contributed by atoms with Crippen molar-refractivity contribution in [3.05, 3.63) is 112 Å². The number of amides is 1. The summed E-state index contributed by atoms with van der Waals surface area (Å²) >= 11 is 12.4. The zero-order valence-electron chi connectivity index (χ0n) is 22.8. The first kappa shape index (κ1) is 29.0. The van der Waals surface area contributed by atoms with Crippen LogP contribution in [0.1, 0.15) is 40.0 Å². The van der Waals surface area contributed by atoms with Gasteiger partial charge in [-0.15, -0.1) is 0 Å². The Hall–Kier alpha value is -4.05. The third-order valence-corrected chi connectivity index (χ3v) is 9.54. The van der Waals surface area contributed by atoms with E-state index in [4.69, 9.17) is 32.7 Å². The molecule has 0 saturated carbocycles. The first-order valence-corrected chi connectivity index (χ1v) is 15.8. The van der Waals surface area contributed by atoms with Crippen LogP contribution in [-0.4, -0.2) is 43.7 Å². The lowest BCUT2D eigenvalue weighted by molar-refractivity contribution is -0.00568. The van der Waals surface area contributed by atoms with Crippen LogP contribution in [0.25, 0.3) is 0 Å². The number of halogens is 2. The highest BCUT2D eigenvalue weighted by Crippen LogP contribution is 2.40. The van der Waals surface area contributed by atoms with E-state index in [0.29, 0.717) is 58.8 Å². The van der Waals surface area contributed by atoms with Gasteiger partial charge in [0.25, 0.3) is 15.9 Å². The lowest BCUT2D eigenvalue weighted by Crippen LogP contribution is -2.52. The molecule has 0 radical (unpaired) electrons. The number of rotatable bonds is 6. The molecule has 11 heteroatoms. The monoisotopic (exact) mass is 636 g/mol. The fraction of sp³-hybridized carbons (Fsp3) is 0.188. The molecular weight excluding hydrogens is 611 g/mol. The maximum absolute atomic E-state index is 13.7. The molecule has 1 N–H and O–H groups in total. The van der Waals surface area contributed by atoms with E-state index in [0.717, 1.165) is 0 Å². The van der Waals surface area contributed by atoms with Gasteiger partial charge in [0.05, 0.1) is 33.2 Å². The van der Waals surface area contributed by atoms with Crippen LogP contribution in [0.2, 0.25) is 10.0 Å². The average molecular weight is 638 g/mol. The Morgan fingerprint density at radius 3 is 2.35 bits per heavy atom. The summed E-state index contributed by atoms with van der Waals surface area (Å²) in [6.45, 7) is 0.666. The normalized spacial score (nSPS) is 15.9. The third-order valence-electron chi connectivity index (χ3n) is 7.61. The molecule has 1 saturated heterocycles. The summed E-state index contributed by atoms with van der Waals surface area (Å²) in [7, 11) is -4.07. The summed E-state index contributed by atoms with van der Waals surface area (Å²) in [6.07, 6.45) is 1.17. The van der Waals surface area contributed by atoms with Gasteiger partial charge in [0.1, 0.15) is 22.8 Å². The first-order valence-electron chi connectivity index (χ1n) is 13.6. The number of fused-ring (bicyclic) bond motifs is 1. The van der Waals surface area contributed by atoms with Gasteiger partial charge in [0, 0.05) is 31.0 Å². The molecule has 2 aliphatic heterocycles. The molecule has 0 bridgehead atoms. The average Bonchev–Trinajstić information content (AvgIpc) is 2.99. The number of hydrogen-bond acceptors (Lipinski definition) is 6. The summed E-state index contributed by atoms with van der Waals surface area (Å²) in [6, 6.07) is 24.4. The molecule has 1 spiro atoms. The Balaban J connectivity index is 1.16. The van der Waals surface area contributed by atoms with Crippen LogP contribution in [0.4, 0.5) is 5.69 Å². The predicted octanol–water partition coefficient (Wildman–Crippen LogP) is 7.23. The Morgan fingerprint density at radius 1 is 0.907 bits per heavy atom. The summed E-state index contributed by atoms with van der Waals surface area (Å²) in [5.74, 6) is 1.06. The van der Waals surface area contributed by atoms with E-state index < -0.39 is 15.6 Å². The number of hydrogen-bond donors (Lipinski definition) is 1. The maximum Gasteiger partial charge on any atom is 0.261 e. The van der Waals surface area contributed by atoms with Gasteiger partial charge in [-0.1, -0.05) is 47.5 Å². The molecule has 2 aliphatic rings. The number of ketones is 1. The van der Waals surface area contributed by atoms with Gasteiger partial charge in [-0.05, 0) is 66.7 Å². The topological polar surface area (TPSA) is 102 Å². The second-order valence-electron chi connectivity index (χ2n) is 10.5. The number of para-hydroxylation sites is 2. The number of carbonyl (C=O) groups is 2. The molecule has 1 fully saturated rings. The van der Waals surface area contributed by atoms with Gasteiger partial charge < -0.3 is 14.4 Å². The number of piperidine rings is 1. The maximum atomic E-state index is 13.7. The molecule has 2 heterocycles. The van der Waals surface area contributed by atoms with Crippen LogP contribution < -0.4 is 14.2 Å². The lowest BCUT2D eigenvalue weighted by atomic mass is 9.82. The van der Waals surface area contributed by atoms with Gasteiger partial charge >= 0.3 is 0 Å². The number of benzene rings is 4. The Labute approximate surface area is 259 Å².